The van der Waals surface area contributed by atoms with Gasteiger partial charge < -0.3 is 10.2 Å². The molecule has 4 rings (SSSR count). The molecule has 164 valence electrons. The quantitative estimate of drug-likeness (QED) is 0.717. The zero-order valence-electron chi connectivity index (χ0n) is 18.1. The Bertz CT molecular complexity index is 921. The molecule has 0 radical (unpaired) electrons. The highest BCUT2D eigenvalue weighted by Crippen LogP contribution is 2.44. The number of nitrogens with zero attached hydrogens (tertiary/aromatic N) is 2. The second-order valence-corrected chi connectivity index (χ2v) is 9.24. The van der Waals surface area contributed by atoms with Gasteiger partial charge in [-0.15, -0.1) is 0 Å². The molecule has 31 heavy (non-hydrogen) atoms. The third kappa shape index (κ3) is 4.62. The van der Waals surface area contributed by atoms with Crippen LogP contribution in [0, 0.1) is 0 Å². The first-order chi connectivity index (χ1) is 15.0. The van der Waals surface area contributed by atoms with Crippen LogP contribution < -0.4 is 5.32 Å². The van der Waals surface area contributed by atoms with Crippen molar-refractivity contribution in [1.29, 1.82) is 0 Å². The SMILES string of the molecule is CC(=O)NCc1ccc([C@@H]2CCCN2C(=O)C2(c3ccc(Cl)cc3)CCCCC2)nc1. The van der Waals surface area contributed by atoms with Gasteiger partial charge >= 0.3 is 0 Å². The van der Waals surface area contributed by atoms with Gasteiger partial charge in [-0.05, 0) is 55.0 Å². The third-order valence-electron chi connectivity index (χ3n) is 6.76. The maximum absolute atomic E-state index is 14.1. The molecule has 1 atom stereocenters. The maximum atomic E-state index is 14.1. The summed E-state index contributed by atoms with van der Waals surface area (Å²) in [5.41, 5.74) is 2.52. The molecule has 1 aromatic carbocycles. The molecule has 2 aromatic rings. The number of benzene rings is 1. The Hall–Kier alpha value is -2.40. The predicted molar refractivity (Wildman–Crippen MR) is 122 cm³/mol. The van der Waals surface area contributed by atoms with Gasteiger partial charge in [0.05, 0.1) is 17.2 Å². The minimum absolute atomic E-state index is 0.00779. The highest BCUT2D eigenvalue weighted by molar-refractivity contribution is 6.30. The van der Waals surface area contributed by atoms with E-state index in [1.54, 1.807) is 0 Å². The van der Waals surface area contributed by atoms with Crippen LogP contribution >= 0.6 is 11.6 Å². The van der Waals surface area contributed by atoms with Crippen molar-refractivity contribution in [2.75, 3.05) is 6.54 Å². The molecule has 1 saturated heterocycles. The smallest absolute Gasteiger partial charge is 0.233 e. The topological polar surface area (TPSA) is 62.3 Å². The lowest BCUT2D eigenvalue weighted by Gasteiger charge is -2.41. The predicted octanol–water partition coefficient (Wildman–Crippen LogP) is 4.94. The van der Waals surface area contributed by atoms with Crippen molar-refractivity contribution < 1.29 is 9.59 Å². The average Bonchev–Trinajstić information content (AvgIpc) is 3.28. The van der Waals surface area contributed by atoms with Crippen molar-refractivity contribution in [3.8, 4) is 0 Å². The Balaban J connectivity index is 1.58. The van der Waals surface area contributed by atoms with Crippen LogP contribution in [-0.2, 0) is 21.5 Å². The molecule has 6 heteroatoms. The van der Waals surface area contributed by atoms with Crippen LogP contribution in [0.15, 0.2) is 42.6 Å². The van der Waals surface area contributed by atoms with Gasteiger partial charge in [0.15, 0.2) is 0 Å². The minimum atomic E-state index is -0.462. The highest BCUT2D eigenvalue weighted by atomic mass is 35.5. The number of amides is 2. The Morgan fingerprint density at radius 3 is 2.48 bits per heavy atom. The summed E-state index contributed by atoms with van der Waals surface area (Å²) < 4.78 is 0. The Labute approximate surface area is 189 Å². The van der Waals surface area contributed by atoms with Crippen LogP contribution in [0.3, 0.4) is 0 Å². The van der Waals surface area contributed by atoms with Crippen LogP contribution in [0.4, 0.5) is 0 Å². The first kappa shape index (κ1) is 21.8. The van der Waals surface area contributed by atoms with Crippen molar-refractivity contribution in [1.82, 2.24) is 15.2 Å². The molecule has 1 aromatic heterocycles. The Morgan fingerprint density at radius 1 is 1.10 bits per heavy atom. The fraction of sp³-hybridized carbons (Fsp3) is 0.480. The molecule has 1 aliphatic heterocycles. The second kappa shape index (κ2) is 9.39. The first-order valence-electron chi connectivity index (χ1n) is 11.3. The molecular weight excluding hydrogens is 410 g/mol. The normalized spacial score (nSPS) is 20.5. The largest absolute Gasteiger partial charge is 0.352 e. The lowest BCUT2D eigenvalue weighted by molar-refractivity contribution is -0.140. The molecule has 2 aliphatic rings. The molecular formula is C25H30ClN3O2. The summed E-state index contributed by atoms with van der Waals surface area (Å²) in [4.78, 5) is 31.9. The lowest BCUT2D eigenvalue weighted by Crippen LogP contribution is -2.48. The lowest BCUT2D eigenvalue weighted by atomic mass is 9.68. The van der Waals surface area contributed by atoms with Crippen LogP contribution in [0.5, 0.6) is 0 Å². The van der Waals surface area contributed by atoms with Crippen molar-refractivity contribution in [2.45, 2.75) is 69.9 Å². The van der Waals surface area contributed by atoms with Gasteiger partial charge in [-0.25, -0.2) is 0 Å². The van der Waals surface area contributed by atoms with E-state index in [2.05, 4.69) is 15.2 Å². The van der Waals surface area contributed by atoms with Crippen molar-refractivity contribution >= 4 is 23.4 Å². The number of nitrogens with one attached hydrogen (secondary N) is 1. The van der Waals surface area contributed by atoms with E-state index in [0.717, 1.165) is 61.9 Å². The fourth-order valence-electron chi connectivity index (χ4n) is 5.11. The molecule has 0 bridgehead atoms. The van der Waals surface area contributed by atoms with E-state index in [1.807, 2.05) is 42.6 Å². The number of pyridine rings is 1. The summed E-state index contributed by atoms with van der Waals surface area (Å²) in [6, 6.07) is 11.9. The van der Waals surface area contributed by atoms with E-state index in [9.17, 15) is 9.59 Å². The van der Waals surface area contributed by atoms with E-state index < -0.39 is 5.41 Å². The summed E-state index contributed by atoms with van der Waals surface area (Å²) in [5, 5.41) is 3.49. The number of hydrogen-bond donors (Lipinski definition) is 1. The molecule has 0 unspecified atom stereocenters. The zero-order valence-corrected chi connectivity index (χ0v) is 18.8. The van der Waals surface area contributed by atoms with Crippen LogP contribution in [0.25, 0.3) is 0 Å². The number of hydrogen-bond acceptors (Lipinski definition) is 3. The van der Waals surface area contributed by atoms with Gasteiger partial charge in [0.1, 0.15) is 0 Å². The summed E-state index contributed by atoms with van der Waals surface area (Å²) in [5.74, 6) is 0.178. The Kier molecular flexibility index (Phi) is 6.61. The number of likely N-dealkylation sites (tertiary alicyclic amines) is 1. The van der Waals surface area contributed by atoms with Crippen LogP contribution in [0.2, 0.25) is 5.02 Å². The number of rotatable bonds is 5. The van der Waals surface area contributed by atoms with Crippen molar-refractivity contribution in [3.05, 3.63) is 64.4 Å². The van der Waals surface area contributed by atoms with E-state index >= 15 is 0 Å². The molecule has 1 N–H and O–H groups in total. The van der Waals surface area contributed by atoms with Crippen LogP contribution in [0.1, 0.15) is 74.7 Å². The molecule has 5 nitrogen and oxygen atoms in total. The van der Waals surface area contributed by atoms with Crippen LogP contribution in [-0.4, -0.2) is 28.2 Å². The van der Waals surface area contributed by atoms with Gasteiger partial charge in [0, 0.05) is 31.2 Å². The Morgan fingerprint density at radius 2 is 1.84 bits per heavy atom. The third-order valence-corrected chi connectivity index (χ3v) is 7.01. The molecule has 0 spiro atoms. The van der Waals surface area contributed by atoms with Gasteiger partial charge in [0.2, 0.25) is 11.8 Å². The zero-order chi connectivity index (χ0) is 21.8. The number of carbonyl (C=O) groups excluding carboxylic acids is 2. The first-order valence-corrected chi connectivity index (χ1v) is 11.6. The van der Waals surface area contributed by atoms with E-state index in [1.165, 1.54) is 13.3 Å². The summed E-state index contributed by atoms with van der Waals surface area (Å²) in [6.07, 6.45) is 8.83. The summed E-state index contributed by atoms with van der Waals surface area (Å²) in [6.45, 7) is 2.75. The van der Waals surface area contributed by atoms with E-state index in [0.29, 0.717) is 11.6 Å². The van der Waals surface area contributed by atoms with Gasteiger partial charge in [-0.2, -0.15) is 0 Å². The molecule has 1 saturated carbocycles. The van der Waals surface area contributed by atoms with E-state index in [-0.39, 0.29) is 17.9 Å². The fourth-order valence-corrected chi connectivity index (χ4v) is 5.23. The van der Waals surface area contributed by atoms with Gasteiger partial charge in [-0.1, -0.05) is 49.1 Å². The second-order valence-electron chi connectivity index (χ2n) is 8.81. The molecule has 1 aliphatic carbocycles. The van der Waals surface area contributed by atoms with Gasteiger partial charge in [-0.3, -0.25) is 14.6 Å². The van der Waals surface area contributed by atoms with Crippen molar-refractivity contribution in [2.24, 2.45) is 0 Å². The molecule has 2 heterocycles. The minimum Gasteiger partial charge on any atom is -0.352 e. The standard InChI is InChI=1S/C25H30ClN3O2/c1-18(30)27-16-19-7-12-22(28-17-19)23-6-5-15-29(23)24(31)25(13-3-2-4-14-25)20-8-10-21(26)11-9-20/h7-12,17,23H,2-6,13-16H2,1H3,(H,27,30)/t23-/m0/s1. The number of aromatic nitrogens is 1. The maximum Gasteiger partial charge on any atom is 0.233 e. The summed E-state index contributed by atoms with van der Waals surface area (Å²) in [7, 11) is 0. The number of halogens is 1. The monoisotopic (exact) mass is 439 g/mol. The van der Waals surface area contributed by atoms with Gasteiger partial charge in [0.25, 0.3) is 0 Å². The average molecular weight is 440 g/mol. The number of carbonyl (C=O) groups is 2. The summed E-state index contributed by atoms with van der Waals surface area (Å²) >= 11 is 6.13. The highest BCUT2D eigenvalue weighted by Gasteiger charge is 2.46. The molecule has 2 fully saturated rings. The van der Waals surface area contributed by atoms with E-state index in [4.69, 9.17) is 11.6 Å². The van der Waals surface area contributed by atoms with Crippen molar-refractivity contribution in [3.63, 3.8) is 0 Å². The molecule has 2 amide bonds.